The summed E-state index contributed by atoms with van der Waals surface area (Å²) in [6.45, 7) is 0. The molecule has 19 heavy (non-hydrogen) atoms. The molecule has 0 saturated carbocycles. The van der Waals surface area contributed by atoms with Crippen molar-refractivity contribution in [2.24, 2.45) is 0 Å². The predicted molar refractivity (Wildman–Crippen MR) is 83.7 cm³/mol. The van der Waals surface area contributed by atoms with E-state index in [2.05, 4.69) is 49.3 Å². The van der Waals surface area contributed by atoms with Gasteiger partial charge in [0.25, 0.3) is 0 Å². The summed E-state index contributed by atoms with van der Waals surface area (Å²) in [5.41, 5.74) is 2.31. The first kappa shape index (κ1) is 14.7. The van der Waals surface area contributed by atoms with Gasteiger partial charge in [0.15, 0.2) is 0 Å². The third-order valence-electron chi connectivity index (χ3n) is 3.04. The Bertz CT molecular complexity index is 555. The molecular weight excluding hydrogens is 373 g/mol. The van der Waals surface area contributed by atoms with Crippen molar-refractivity contribution < 1.29 is 4.39 Å². The largest absolute Gasteiger partial charge is 0.313 e. The van der Waals surface area contributed by atoms with Crippen molar-refractivity contribution in [3.63, 3.8) is 0 Å². The van der Waals surface area contributed by atoms with Crippen LogP contribution in [0.15, 0.2) is 51.4 Å². The zero-order valence-electron chi connectivity index (χ0n) is 10.5. The van der Waals surface area contributed by atoms with Crippen molar-refractivity contribution in [2.75, 3.05) is 7.05 Å². The summed E-state index contributed by atoms with van der Waals surface area (Å²) in [7, 11) is 1.94. The highest BCUT2D eigenvalue weighted by Crippen LogP contribution is 2.23. The normalized spacial score (nSPS) is 12.4. The molecule has 100 valence electrons. The van der Waals surface area contributed by atoms with Crippen LogP contribution in [0.25, 0.3) is 0 Å². The second-order valence-electron chi connectivity index (χ2n) is 4.35. The number of halogens is 3. The van der Waals surface area contributed by atoms with E-state index in [0.29, 0.717) is 4.47 Å². The number of rotatable bonds is 4. The topological polar surface area (TPSA) is 12.0 Å². The maximum absolute atomic E-state index is 13.2. The molecule has 0 aliphatic heterocycles. The third kappa shape index (κ3) is 3.88. The minimum Gasteiger partial charge on any atom is -0.313 e. The van der Waals surface area contributed by atoms with Gasteiger partial charge in [0, 0.05) is 10.5 Å². The summed E-state index contributed by atoms with van der Waals surface area (Å²) < 4.78 is 14.8. The Hall–Kier alpha value is -0.710. The van der Waals surface area contributed by atoms with Gasteiger partial charge in [0.05, 0.1) is 4.47 Å². The first-order valence-corrected chi connectivity index (χ1v) is 7.55. The van der Waals surface area contributed by atoms with E-state index in [1.807, 2.05) is 31.3 Å². The SMILES string of the molecule is CNC(Cc1ccc(F)c(Br)c1)c1ccc(Br)cc1. The van der Waals surface area contributed by atoms with Gasteiger partial charge in [0.1, 0.15) is 5.82 Å². The standard InChI is InChI=1S/C15H14Br2FN/c1-19-15(11-3-5-12(16)6-4-11)9-10-2-7-14(18)13(17)8-10/h2-8,15,19H,9H2,1H3. The molecular formula is C15H14Br2FN. The van der Waals surface area contributed by atoms with Gasteiger partial charge >= 0.3 is 0 Å². The van der Waals surface area contributed by atoms with Gasteiger partial charge in [0.2, 0.25) is 0 Å². The van der Waals surface area contributed by atoms with Gasteiger partial charge in [-0.1, -0.05) is 34.1 Å². The molecule has 2 rings (SSSR count). The van der Waals surface area contributed by atoms with E-state index < -0.39 is 0 Å². The number of benzene rings is 2. The van der Waals surface area contributed by atoms with Crippen molar-refractivity contribution >= 4 is 31.9 Å². The van der Waals surface area contributed by atoms with Gasteiger partial charge in [-0.15, -0.1) is 0 Å². The number of likely N-dealkylation sites (N-methyl/N-ethyl adjacent to an activating group) is 1. The first-order valence-electron chi connectivity index (χ1n) is 5.97. The summed E-state index contributed by atoms with van der Waals surface area (Å²) in [6, 6.07) is 13.6. The molecule has 1 unspecified atom stereocenters. The fourth-order valence-electron chi connectivity index (χ4n) is 1.98. The fraction of sp³-hybridized carbons (Fsp3) is 0.200. The molecule has 0 fully saturated rings. The maximum atomic E-state index is 13.2. The lowest BCUT2D eigenvalue weighted by atomic mass is 9.99. The van der Waals surface area contributed by atoms with Crippen LogP contribution in [0.2, 0.25) is 0 Å². The van der Waals surface area contributed by atoms with E-state index in [4.69, 9.17) is 0 Å². The van der Waals surface area contributed by atoms with E-state index in [1.54, 1.807) is 0 Å². The molecule has 1 nitrogen and oxygen atoms in total. The fourth-order valence-corrected chi connectivity index (χ4v) is 2.67. The second kappa shape index (κ2) is 6.64. The molecule has 0 spiro atoms. The maximum Gasteiger partial charge on any atom is 0.137 e. The van der Waals surface area contributed by atoms with E-state index in [1.165, 1.54) is 11.6 Å². The van der Waals surface area contributed by atoms with Gasteiger partial charge in [-0.3, -0.25) is 0 Å². The van der Waals surface area contributed by atoms with E-state index in [0.717, 1.165) is 16.5 Å². The Morgan fingerprint density at radius 3 is 2.37 bits per heavy atom. The van der Waals surface area contributed by atoms with Gasteiger partial charge in [-0.25, -0.2) is 4.39 Å². The molecule has 4 heteroatoms. The number of nitrogens with one attached hydrogen (secondary N) is 1. The molecule has 1 N–H and O–H groups in total. The van der Waals surface area contributed by atoms with Gasteiger partial charge < -0.3 is 5.32 Å². The van der Waals surface area contributed by atoms with Crippen LogP contribution in [0.3, 0.4) is 0 Å². The third-order valence-corrected chi connectivity index (χ3v) is 4.18. The Morgan fingerprint density at radius 2 is 1.79 bits per heavy atom. The van der Waals surface area contributed by atoms with Crippen molar-refractivity contribution in [3.05, 3.63) is 68.4 Å². The Kier molecular flexibility index (Phi) is 5.13. The average Bonchev–Trinajstić information content (AvgIpc) is 2.41. The zero-order valence-corrected chi connectivity index (χ0v) is 13.6. The van der Waals surface area contributed by atoms with Crippen LogP contribution in [0.1, 0.15) is 17.2 Å². The Morgan fingerprint density at radius 1 is 1.11 bits per heavy atom. The smallest absolute Gasteiger partial charge is 0.137 e. The summed E-state index contributed by atoms with van der Waals surface area (Å²) in [5.74, 6) is -0.228. The number of hydrogen-bond acceptors (Lipinski definition) is 1. The highest BCUT2D eigenvalue weighted by molar-refractivity contribution is 9.10. The molecule has 0 radical (unpaired) electrons. The van der Waals surface area contributed by atoms with Gasteiger partial charge in [-0.2, -0.15) is 0 Å². The zero-order chi connectivity index (χ0) is 13.8. The molecule has 0 aliphatic carbocycles. The first-order chi connectivity index (χ1) is 9.10. The minimum atomic E-state index is -0.228. The predicted octanol–water partition coefficient (Wildman–Crippen LogP) is 4.85. The van der Waals surface area contributed by atoms with Crippen LogP contribution < -0.4 is 5.32 Å². The van der Waals surface area contributed by atoms with Crippen molar-refractivity contribution in [1.29, 1.82) is 0 Å². The molecule has 0 bridgehead atoms. The van der Waals surface area contributed by atoms with Crippen LogP contribution >= 0.6 is 31.9 Å². The van der Waals surface area contributed by atoms with Crippen LogP contribution in [0.4, 0.5) is 4.39 Å². The monoisotopic (exact) mass is 385 g/mol. The average molecular weight is 387 g/mol. The van der Waals surface area contributed by atoms with E-state index >= 15 is 0 Å². The van der Waals surface area contributed by atoms with E-state index in [-0.39, 0.29) is 11.9 Å². The van der Waals surface area contributed by atoms with Crippen LogP contribution in [-0.4, -0.2) is 7.05 Å². The quantitative estimate of drug-likeness (QED) is 0.791. The Labute approximate surface area is 129 Å². The second-order valence-corrected chi connectivity index (χ2v) is 6.12. The highest BCUT2D eigenvalue weighted by Gasteiger charge is 2.11. The lowest BCUT2D eigenvalue weighted by Gasteiger charge is -2.17. The highest BCUT2D eigenvalue weighted by atomic mass is 79.9. The molecule has 0 amide bonds. The molecule has 2 aromatic rings. The molecule has 2 aromatic carbocycles. The van der Waals surface area contributed by atoms with Crippen LogP contribution in [0.5, 0.6) is 0 Å². The number of hydrogen-bond donors (Lipinski definition) is 1. The summed E-state index contributed by atoms with van der Waals surface area (Å²) in [6.07, 6.45) is 0.816. The van der Waals surface area contributed by atoms with Crippen molar-refractivity contribution in [1.82, 2.24) is 5.32 Å². The van der Waals surface area contributed by atoms with Crippen LogP contribution in [0, 0.1) is 5.82 Å². The lowest BCUT2D eigenvalue weighted by Crippen LogP contribution is -2.18. The summed E-state index contributed by atoms with van der Waals surface area (Å²) in [4.78, 5) is 0. The lowest BCUT2D eigenvalue weighted by molar-refractivity contribution is 0.587. The summed E-state index contributed by atoms with van der Waals surface area (Å²) >= 11 is 6.65. The summed E-state index contributed by atoms with van der Waals surface area (Å²) in [5, 5.41) is 3.30. The van der Waals surface area contributed by atoms with Crippen LogP contribution in [-0.2, 0) is 6.42 Å². The van der Waals surface area contributed by atoms with Gasteiger partial charge in [-0.05, 0) is 64.8 Å². The molecule has 0 aromatic heterocycles. The molecule has 0 heterocycles. The van der Waals surface area contributed by atoms with E-state index in [9.17, 15) is 4.39 Å². The minimum absolute atomic E-state index is 0.213. The molecule has 1 atom stereocenters. The van der Waals surface area contributed by atoms with Crippen molar-refractivity contribution in [2.45, 2.75) is 12.5 Å². The molecule has 0 saturated heterocycles. The molecule has 0 aliphatic rings. The Balaban J connectivity index is 2.18. The van der Waals surface area contributed by atoms with Crippen molar-refractivity contribution in [3.8, 4) is 0 Å².